The van der Waals surface area contributed by atoms with Gasteiger partial charge in [-0.3, -0.25) is 4.79 Å². The van der Waals surface area contributed by atoms with Crippen LogP contribution in [0, 0.1) is 0 Å². The summed E-state index contributed by atoms with van der Waals surface area (Å²) >= 11 is 6.15. The molecular formula is C25H22ClN7O. The van der Waals surface area contributed by atoms with Crippen molar-refractivity contribution in [3.05, 3.63) is 83.2 Å². The molecule has 6 rings (SSSR count). The molecule has 0 radical (unpaired) electrons. The lowest BCUT2D eigenvalue weighted by molar-refractivity contribution is -0.115. The molecule has 1 aliphatic rings. The molecule has 0 unspecified atom stereocenters. The number of nitrogens with zero attached hydrogens (tertiary/aromatic N) is 4. The second-order valence-electron chi connectivity index (χ2n) is 8.62. The number of halogens is 1. The number of fused-ring (bicyclic) bond motifs is 2. The van der Waals surface area contributed by atoms with Crippen LogP contribution in [0.15, 0.2) is 61.3 Å². The van der Waals surface area contributed by atoms with Gasteiger partial charge in [-0.05, 0) is 48.1 Å². The Balaban J connectivity index is 1.09. The monoisotopic (exact) mass is 471 g/mol. The highest BCUT2D eigenvalue weighted by atomic mass is 35.5. The van der Waals surface area contributed by atoms with Crippen LogP contribution in [-0.2, 0) is 17.8 Å². The summed E-state index contributed by atoms with van der Waals surface area (Å²) in [4.78, 5) is 28.8. The van der Waals surface area contributed by atoms with Crippen LogP contribution in [-0.4, -0.2) is 30.2 Å². The molecule has 5 aromatic heterocycles. The molecule has 9 heteroatoms. The van der Waals surface area contributed by atoms with Gasteiger partial charge in [-0.1, -0.05) is 17.7 Å². The fourth-order valence-corrected chi connectivity index (χ4v) is 4.29. The lowest BCUT2D eigenvalue weighted by Gasteiger charge is -2.08. The lowest BCUT2D eigenvalue weighted by atomic mass is 10.1. The number of aromatic nitrogens is 5. The van der Waals surface area contributed by atoms with Crippen LogP contribution in [0.5, 0.6) is 0 Å². The Morgan fingerprint density at radius 1 is 1.18 bits per heavy atom. The van der Waals surface area contributed by atoms with Crippen molar-refractivity contribution in [1.29, 1.82) is 0 Å². The van der Waals surface area contributed by atoms with Crippen LogP contribution in [0.1, 0.15) is 35.6 Å². The van der Waals surface area contributed by atoms with E-state index in [0.29, 0.717) is 29.0 Å². The number of hydrogen-bond acceptors (Lipinski definition) is 5. The molecule has 1 fully saturated rings. The van der Waals surface area contributed by atoms with Gasteiger partial charge in [0.15, 0.2) is 0 Å². The number of hydrogen-bond donors (Lipinski definition) is 3. The smallest absolute Gasteiger partial charge is 0.230 e. The van der Waals surface area contributed by atoms with Gasteiger partial charge in [-0.15, -0.1) is 0 Å². The molecule has 0 atom stereocenters. The van der Waals surface area contributed by atoms with Crippen molar-refractivity contribution < 1.29 is 4.79 Å². The number of carbonyl (C=O) groups is 1. The fraction of sp³-hybridized carbons (Fsp3) is 0.200. The average molecular weight is 472 g/mol. The minimum atomic E-state index is -0.177. The number of H-pyrrole nitrogens is 1. The Labute approximate surface area is 200 Å². The second kappa shape index (κ2) is 8.46. The van der Waals surface area contributed by atoms with Gasteiger partial charge in [-0.2, -0.15) is 0 Å². The Kier molecular flexibility index (Phi) is 5.15. The van der Waals surface area contributed by atoms with Gasteiger partial charge < -0.3 is 20.0 Å². The normalized spacial score (nSPS) is 13.4. The summed E-state index contributed by atoms with van der Waals surface area (Å²) in [5.74, 6) is 1.02. The zero-order chi connectivity index (χ0) is 23.1. The number of nitrogens with one attached hydrogen (secondary N) is 3. The van der Waals surface area contributed by atoms with E-state index in [1.54, 1.807) is 18.6 Å². The number of anilines is 2. The highest BCUT2D eigenvalue weighted by Crippen LogP contribution is 2.39. The molecule has 1 saturated carbocycles. The Morgan fingerprint density at radius 2 is 2.09 bits per heavy atom. The summed E-state index contributed by atoms with van der Waals surface area (Å²) in [6.45, 7) is 0.570. The average Bonchev–Trinajstić information content (AvgIpc) is 3.51. The van der Waals surface area contributed by atoms with Crippen molar-refractivity contribution in [2.75, 3.05) is 10.6 Å². The second-order valence-corrected chi connectivity index (χ2v) is 9.03. The largest absolute Gasteiger partial charge is 0.379 e. The van der Waals surface area contributed by atoms with Gasteiger partial charge in [0.1, 0.15) is 17.1 Å². The van der Waals surface area contributed by atoms with Crippen molar-refractivity contribution in [3.63, 3.8) is 0 Å². The summed E-state index contributed by atoms with van der Waals surface area (Å²) in [5.41, 5.74) is 5.59. The summed E-state index contributed by atoms with van der Waals surface area (Å²) < 4.78 is 2.09. The number of carbonyl (C=O) groups excluding carboxylic acids is 1. The van der Waals surface area contributed by atoms with E-state index < -0.39 is 0 Å². The Hall–Kier alpha value is -3.91. The topological polar surface area (TPSA) is 100 Å². The van der Waals surface area contributed by atoms with Crippen molar-refractivity contribution in [2.45, 2.75) is 31.7 Å². The molecule has 170 valence electrons. The zero-order valence-corrected chi connectivity index (χ0v) is 19.0. The van der Waals surface area contributed by atoms with Crippen LogP contribution in [0.4, 0.5) is 11.5 Å². The first kappa shape index (κ1) is 20.7. The molecule has 5 heterocycles. The van der Waals surface area contributed by atoms with E-state index in [1.165, 1.54) is 18.4 Å². The predicted molar refractivity (Wildman–Crippen MR) is 132 cm³/mol. The van der Waals surface area contributed by atoms with Gasteiger partial charge in [0.05, 0.1) is 23.7 Å². The van der Waals surface area contributed by atoms with Crippen LogP contribution >= 0.6 is 11.6 Å². The third-order valence-electron chi connectivity index (χ3n) is 5.98. The van der Waals surface area contributed by atoms with Crippen molar-refractivity contribution >= 4 is 45.7 Å². The molecule has 3 N–H and O–H groups in total. The van der Waals surface area contributed by atoms with E-state index in [4.69, 9.17) is 11.6 Å². The third-order valence-corrected chi connectivity index (χ3v) is 6.29. The molecule has 1 aliphatic carbocycles. The van der Waals surface area contributed by atoms with E-state index in [2.05, 4.69) is 59.5 Å². The number of amides is 1. The molecule has 0 bridgehead atoms. The Bertz CT molecular complexity index is 1520. The standard InChI is InChI=1S/C25H22ClN7O/c26-21-12-30-25-20(21)7-15(10-29-25)8-24(34)32-22-9-18(5-6-27-22)28-11-19-14-33-13-17(16-1-2-16)3-4-23(33)31-19/h3-7,9-10,12-14,16H,1-2,8,11H2,(H,29,30)(H2,27,28,32,34). The van der Waals surface area contributed by atoms with E-state index in [9.17, 15) is 4.79 Å². The van der Waals surface area contributed by atoms with E-state index >= 15 is 0 Å². The first-order chi connectivity index (χ1) is 16.6. The van der Waals surface area contributed by atoms with E-state index in [-0.39, 0.29) is 12.3 Å². The number of pyridine rings is 3. The van der Waals surface area contributed by atoms with Crippen LogP contribution in [0.2, 0.25) is 5.02 Å². The minimum Gasteiger partial charge on any atom is -0.379 e. The number of imidazole rings is 1. The highest BCUT2D eigenvalue weighted by Gasteiger charge is 2.23. The molecule has 0 aromatic carbocycles. The first-order valence-electron chi connectivity index (χ1n) is 11.2. The molecule has 8 nitrogen and oxygen atoms in total. The van der Waals surface area contributed by atoms with E-state index in [1.807, 2.05) is 18.2 Å². The van der Waals surface area contributed by atoms with Gasteiger partial charge in [-0.25, -0.2) is 15.0 Å². The third kappa shape index (κ3) is 4.32. The number of rotatable bonds is 7. The summed E-state index contributed by atoms with van der Waals surface area (Å²) in [5, 5.41) is 7.60. The molecular weight excluding hydrogens is 450 g/mol. The maximum atomic E-state index is 12.6. The fourth-order valence-electron chi connectivity index (χ4n) is 4.09. The van der Waals surface area contributed by atoms with E-state index in [0.717, 1.165) is 28.0 Å². The molecule has 34 heavy (non-hydrogen) atoms. The summed E-state index contributed by atoms with van der Waals surface area (Å²) in [6.07, 6.45) is 12.0. The van der Waals surface area contributed by atoms with Crippen LogP contribution in [0.25, 0.3) is 16.7 Å². The lowest BCUT2D eigenvalue weighted by Crippen LogP contribution is -2.15. The van der Waals surface area contributed by atoms with Gasteiger partial charge in [0.2, 0.25) is 5.91 Å². The summed E-state index contributed by atoms with van der Waals surface area (Å²) in [7, 11) is 0. The molecule has 0 spiro atoms. The first-order valence-corrected chi connectivity index (χ1v) is 11.6. The maximum absolute atomic E-state index is 12.6. The van der Waals surface area contributed by atoms with Gasteiger partial charge in [0.25, 0.3) is 0 Å². The van der Waals surface area contributed by atoms with Crippen molar-refractivity contribution in [2.24, 2.45) is 0 Å². The number of aromatic amines is 1. The van der Waals surface area contributed by atoms with Gasteiger partial charge in [0, 0.05) is 48.1 Å². The quantitative estimate of drug-likeness (QED) is 0.312. The van der Waals surface area contributed by atoms with Crippen LogP contribution < -0.4 is 10.6 Å². The van der Waals surface area contributed by atoms with Crippen molar-refractivity contribution in [3.8, 4) is 0 Å². The minimum absolute atomic E-state index is 0.174. The molecule has 1 amide bonds. The Morgan fingerprint density at radius 3 is 2.97 bits per heavy atom. The molecule has 0 saturated heterocycles. The predicted octanol–water partition coefficient (Wildman–Crippen LogP) is 4.93. The SMILES string of the molecule is O=C(Cc1cnc2[nH]cc(Cl)c2c1)Nc1cc(NCc2cn3cc(C4CC4)ccc3n2)ccn1. The van der Waals surface area contributed by atoms with Gasteiger partial charge >= 0.3 is 0 Å². The summed E-state index contributed by atoms with van der Waals surface area (Å²) in [6, 6.07) is 9.80. The zero-order valence-electron chi connectivity index (χ0n) is 18.3. The van der Waals surface area contributed by atoms with Crippen LogP contribution in [0.3, 0.4) is 0 Å². The molecule has 0 aliphatic heterocycles. The van der Waals surface area contributed by atoms with Crippen molar-refractivity contribution in [1.82, 2.24) is 24.3 Å². The molecule has 5 aromatic rings. The highest BCUT2D eigenvalue weighted by molar-refractivity contribution is 6.35. The maximum Gasteiger partial charge on any atom is 0.230 e.